The Morgan fingerprint density at radius 1 is 1.32 bits per heavy atom. The summed E-state index contributed by atoms with van der Waals surface area (Å²) in [4.78, 5) is 8.83. The summed E-state index contributed by atoms with van der Waals surface area (Å²) in [5.41, 5.74) is 1.90. The van der Waals surface area contributed by atoms with E-state index in [1.165, 1.54) is 4.88 Å². The van der Waals surface area contributed by atoms with Crippen molar-refractivity contribution in [1.29, 1.82) is 0 Å². The minimum Gasteiger partial charge on any atom is -0.362 e. The van der Waals surface area contributed by atoms with E-state index in [0.717, 1.165) is 35.4 Å². The van der Waals surface area contributed by atoms with Gasteiger partial charge in [0.25, 0.3) is 0 Å². The summed E-state index contributed by atoms with van der Waals surface area (Å²) in [6.07, 6.45) is 1.93. The summed E-state index contributed by atoms with van der Waals surface area (Å²) >= 11 is 13.0. The van der Waals surface area contributed by atoms with E-state index in [9.17, 15) is 0 Å². The molecule has 0 aliphatic carbocycles. The third-order valence-electron chi connectivity index (χ3n) is 3.18. The van der Waals surface area contributed by atoms with Crippen LogP contribution in [0.2, 0.25) is 5.02 Å². The number of nitrogens with one attached hydrogen (secondary N) is 3. The molecular weight excluding hydrogens is 336 g/mol. The van der Waals surface area contributed by atoms with Crippen molar-refractivity contribution in [3.8, 4) is 0 Å². The Morgan fingerprint density at radius 2 is 2.18 bits per heavy atom. The number of rotatable bonds is 5. The van der Waals surface area contributed by atoms with Crippen LogP contribution in [0.3, 0.4) is 0 Å². The van der Waals surface area contributed by atoms with Gasteiger partial charge in [0.15, 0.2) is 5.11 Å². The van der Waals surface area contributed by atoms with Gasteiger partial charge in [-0.25, -0.2) is 4.98 Å². The molecule has 3 aromatic rings. The number of aryl methyl sites for hydroxylation is 1. The number of thiocarbonyl (C=S) groups is 1. The van der Waals surface area contributed by atoms with Crippen molar-refractivity contribution in [3.63, 3.8) is 0 Å². The Bertz CT molecular complexity index is 748. The van der Waals surface area contributed by atoms with E-state index in [1.807, 2.05) is 35.7 Å². The number of H-pyrrole nitrogens is 1. The molecule has 3 rings (SSSR count). The van der Waals surface area contributed by atoms with Crippen LogP contribution in [0.4, 0.5) is 5.95 Å². The lowest BCUT2D eigenvalue weighted by atomic mass is 10.2. The van der Waals surface area contributed by atoms with Crippen LogP contribution in [0.15, 0.2) is 35.7 Å². The minimum absolute atomic E-state index is 0.566. The van der Waals surface area contributed by atoms with Crippen LogP contribution in [0, 0.1) is 0 Å². The molecule has 2 heterocycles. The topological polar surface area (TPSA) is 52.7 Å². The largest absolute Gasteiger partial charge is 0.362 e. The Balaban J connectivity index is 1.45. The van der Waals surface area contributed by atoms with E-state index in [0.29, 0.717) is 11.1 Å². The van der Waals surface area contributed by atoms with Crippen molar-refractivity contribution in [2.75, 3.05) is 11.9 Å². The van der Waals surface area contributed by atoms with Crippen molar-refractivity contribution in [2.24, 2.45) is 0 Å². The molecule has 0 saturated heterocycles. The molecule has 0 aliphatic heterocycles. The maximum Gasteiger partial charge on any atom is 0.207 e. The van der Waals surface area contributed by atoms with Crippen LogP contribution in [0.5, 0.6) is 0 Å². The molecule has 7 heteroatoms. The number of para-hydroxylation sites is 2. The maximum absolute atomic E-state index is 6.07. The molecule has 22 heavy (non-hydrogen) atoms. The highest BCUT2D eigenvalue weighted by Gasteiger charge is 2.04. The van der Waals surface area contributed by atoms with Crippen LogP contribution >= 0.6 is 35.2 Å². The number of anilines is 1. The molecule has 1 aromatic carbocycles. The maximum atomic E-state index is 6.07. The fourth-order valence-corrected chi connectivity index (χ4v) is 3.49. The first-order chi connectivity index (χ1) is 10.7. The molecule has 0 saturated carbocycles. The molecule has 3 N–H and O–H groups in total. The van der Waals surface area contributed by atoms with Crippen LogP contribution < -0.4 is 10.6 Å². The molecule has 0 amide bonds. The number of benzene rings is 1. The number of hydrogen-bond acceptors (Lipinski definition) is 3. The Hall–Kier alpha value is -1.63. The molecule has 4 nitrogen and oxygen atoms in total. The standard InChI is InChI=1S/C15H15ClN4S2/c16-10-7-9-22-13(10)6-3-8-17-15(21)20-14-18-11-4-1-2-5-12(11)19-14/h1-2,4-5,7,9H,3,6,8H2,(H3,17,18,19,20,21). The summed E-state index contributed by atoms with van der Waals surface area (Å²) < 4.78 is 0. The summed E-state index contributed by atoms with van der Waals surface area (Å²) in [7, 11) is 0. The number of aromatic nitrogens is 2. The third-order valence-corrected chi connectivity index (χ3v) is 4.87. The lowest BCUT2D eigenvalue weighted by Gasteiger charge is -2.07. The summed E-state index contributed by atoms with van der Waals surface area (Å²) in [5, 5.41) is 9.68. The summed E-state index contributed by atoms with van der Waals surface area (Å²) in [5.74, 6) is 0.653. The van der Waals surface area contributed by atoms with Crippen molar-refractivity contribution in [3.05, 3.63) is 45.6 Å². The molecule has 0 radical (unpaired) electrons. The van der Waals surface area contributed by atoms with E-state index in [4.69, 9.17) is 23.8 Å². The number of imidazole rings is 1. The Labute approximate surface area is 142 Å². The molecular formula is C15H15ClN4S2. The van der Waals surface area contributed by atoms with Gasteiger partial charge in [0.1, 0.15) is 0 Å². The van der Waals surface area contributed by atoms with Gasteiger partial charge in [0, 0.05) is 11.4 Å². The Kier molecular flexibility index (Phi) is 4.92. The highest BCUT2D eigenvalue weighted by atomic mass is 35.5. The lowest BCUT2D eigenvalue weighted by molar-refractivity contribution is 0.784. The van der Waals surface area contributed by atoms with Crippen LogP contribution in [-0.2, 0) is 6.42 Å². The first-order valence-corrected chi connectivity index (χ1v) is 8.60. The predicted octanol–water partition coefficient (Wildman–Crippen LogP) is 4.20. The molecule has 0 unspecified atom stereocenters. The highest BCUT2D eigenvalue weighted by molar-refractivity contribution is 7.80. The van der Waals surface area contributed by atoms with Crippen molar-refractivity contribution in [1.82, 2.24) is 15.3 Å². The van der Waals surface area contributed by atoms with E-state index >= 15 is 0 Å². The number of hydrogen-bond donors (Lipinski definition) is 3. The number of aromatic amines is 1. The monoisotopic (exact) mass is 350 g/mol. The van der Waals surface area contributed by atoms with Gasteiger partial charge in [-0.1, -0.05) is 23.7 Å². The number of fused-ring (bicyclic) bond motifs is 1. The predicted molar refractivity (Wildman–Crippen MR) is 98.0 cm³/mol. The number of halogens is 1. The summed E-state index contributed by atoms with van der Waals surface area (Å²) in [6.45, 7) is 0.792. The average molecular weight is 351 g/mol. The normalized spacial score (nSPS) is 10.8. The van der Waals surface area contributed by atoms with Crippen LogP contribution in [0.25, 0.3) is 11.0 Å². The van der Waals surface area contributed by atoms with Crippen LogP contribution in [-0.4, -0.2) is 21.6 Å². The molecule has 0 fully saturated rings. The molecule has 0 atom stereocenters. The minimum atomic E-state index is 0.566. The first kappa shape index (κ1) is 15.3. The van der Waals surface area contributed by atoms with Crippen LogP contribution in [0.1, 0.15) is 11.3 Å². The van der Waals surface area contributed by atoms with Gasteiger partial charge in [-0.3, -0.25) is 0 Å². The second-order valence-electron chi connectivity index (χ2n) is 4.78. The van der Waals surface area contributed by atoms with Gasteiger partial charge >= 0.3 is 0 Å². The fraction of sp³-hybridized carbons (Fsp3) is 0.200. The molecule has 0 spiro atoms. The second-order valence-corrected chi connectivity index (χ2v) is 6.59. The molecule has 0 aliphatic rings. The third kappa shape index (κ3) is 3.76. The van der Waals surface area contributed by atoms with Gasteiger partial charge in [0.2, 0.25) is 5.95 Å². The highest BCUT2D eigenvalue weighted by Crippen LogP contribution is 2.23. The van der Waals surface area contributed by atoms with Crippen molar-refractivity contribution < 1.29 is 0 Å². The smallest absolute Gasteiger partial charge is 0.207 e. The fourth-order valence-electron chi connectivity index (χ4n) is 2.12. The first-order valence-electron chi connectivity index (χ1n) is 6.94. The quantitative estimate of drug-likeness (QED) is 0.477. The SMILES string of the molecule is S=C(NCCCc1sccc1Cl)Nc1nc2ccccc2[nH]1. The molecule has 114 valence electrons. The van der Waals surface area contributed by atoms with Crippen molar-refractivity contribution in [2.45, 2.75) is 12.8 Å². The van der Waals surface area contributed by atoms with Crippen molar-refractivity contribution >= 4 is 57.2 Å². The molecule has 2 aromatic heterocycles. The van der Waals surface area contributed by atoms with E-state index < -0.39 is 0 Å². The average Bonchev–Trinajstić information content (AvgIpc) is 3.09. The van der Waals surface area contributed by atoms with Gasteiger partial charge in [0.05, 0.1) is 16.1 Å². The van der Waals surface area contributed by atoms with E-state index in [2.05, 4.69) is 20.6 Å². The zero-order valence-electron chi connectivity index (χ0n) is 11.7. The summed E-state index contributed by atoms with van der Waals surface area (Å²) in [6, 6.07) is 9.80. The van der Waals surface area contributed by atoms with Gasteiger partial charge in [-0.2, -0.15) is 0 Å². The van der Waals surface area contributed by atoms with Gasteiger partial charge in [-0.15, -0.1) is 11.3 Å². The number of thiophene rings is 1. The second kappa shape index (κ2) is 7.09. The lowest BCUT2D eigenvalue weighted by Crippen LogP contribution is -2.29. The van der Waals surface area contributed by atoms with Gasteiger partial charge < -0.3 is 15.6 Å². The Morgan fingerprint density at radius 3 is 2.95 bits per heavy atom. The van der Waals surface area contributed by atoms with Gasteiger partial charge in [-0.05, 0) is 48.6 Å². The van der Waals surface area contributed by atoms with E-state index in [-0.39, 0.29) is 0 Å². The zero-order chi connectivity index (χ0) is 15.4. The van der Waals surface area contributed by atoms with E-state index in [1.54, 1.807) is 11.3 Å². The number of nitrogens with zero attached hydrogens (tertiary/aromatic N) is 1. The molecule has 0 bridgehead atoms. The zero-order valence-corrected chi connectivity index (χ0v) is 14.1.